The molecular formula is C31H27IrN2. The number of aromatic nitrogens is 1. The van der Waals surface area contributed by atoms with Crippen LogP contribution < -0.4 is 0 Å². The Morgan fingerprint density at radius 2 is 1.65 bits per heavy atom. The van der Waals surface area contributed by atoms with E-state index in [2.05, 4.69) is 17.1 Å². The van der Waals surface area contributed by atoms with Gasteiger partial charge in [0.25, 0.3) is 0 Å². The fourth-order valence-electron chi connectivity index (χ4n) is 3.03. The molecule has 0 aliphatic heterocycles. The van der Waals surface area contributed by atoms with Crippen LogP contribution in [0.2, 0.25) is 0 Å². The Morgan fingerprint density at radius 3 is 2.21 bits per heavy atom. The Hall–Kier alpha value is -3.39. The van der Waals surface area contributed by atoms with E-state index < -0.39 is 13.7 Å². The summed E-state index contributed by atoms with van der Waals surface area (Å²) in [5.74, 6) is 0. The molecule has 0 saturated carbocycles. The van der Waals surface area contributed by atoms with Crippen molar-refractivity contribution in [2.75, 3.05) is 0 Å². The third kappa shape index (κ3) is 7.88. The van der Waals surface area contributed by atoms with Crippen LogP contribution in [0.15, 0.2) is 109 Å². The van der Waals surface area contributed by atoms with Gasteiger partial charge in [-0.25, -0.2) is 0 Å². The summed E-state index contributed by atoms with van der Waals surface area (Å²) in [6.45, 7) is -2.61. The molecule has 170 valence electrons. The molecular weight excluding hydrogens is 593 g/mol. The molecule has 0 N–H and O–H groups in total. The van der Waals surface area contributed by atoms with Gasteiger partial charge in [0.15, 0.2) is 0 Å². The molecule has 2 nitrogen and oxygen atoms in total. The average molecular weight is 626 g/mol. The maximum Gasteiger partial charge on any atom is 3.00 e. The van der Waals surface area contributed by atoms with Crippen LogP contribution in [-0.2, 0) is 20.1 Å². The summed E-state index contributed by atoms with van der Waals surface area (Å²) < 4.78 is 45.2. The van der Waals surface area contributed by atoms with Crippen LogP contribution >= 0.6 is 0 Å². The summed E-state index contributed by atoms with van der Waals surface area (Å²) in [4.78, 5) is 4.12. The van der Waals surface area contributed by atoms with Crippen molar-refractivity contribution in [1.29, 1.82) is 0 Å². The molecule has 0 spiro atoms. The van der Waals surface area contributed by atoms with E-state index in [9.17, 15) is 5.41 Å². The second kappa shape index (κ2) is 14.0. The first-order valence-electron chi connectivity index (χ1n) is 13.4. The number of rotatable bonds is 5. The molecule has 0 amide bonds. The summed E-state index contributed by atoms with van der Waals surface area (Å²) in [6.07, 6.45) is 3.84. The maximum atomic E-state index is 9.63. The second-order valence-corrected chi connectivity index (χ2v) is 7.13. The Morgan fingerprint density at radius 1 is 0.912 bits per heavy atom. The van der Waals surface area contributed by atoms with E-state index in [0.29, 0.717) is 11.1 Å². The van der Waals surface area contributed by atoms with E-state index in [1.807, 2.05) is 49.4 Å². The minimum absolute atomic E-state index is 0. The second-order valence-electron chi connectivity index (χ2n) is 7.13. The van der Waals surface area contributed by atoms with Crippen molar-refractivity contribution in [3.05, 3.63) is 143 Å². The van der Waals surface area contributed by atoms with Crippen molar-refractivity contribution in [2.24, 2.45) is 0 Å². The quantitative estimate of drug-likeness (QED) is 0.126. The first-order chi connectivity index (χ1) is 18.5. The van der Waals surface area contributed by atoms with Gasteiger partial charge < -0.3 is 10.4 Å². The van der Waals surface area contributed by atoms with Gasteiger partial charge in [0, 0.05) is 14.4 Å². The Balaban J connectivity index is 0.000000290. The van der Waals surface area contributed by atoms with Gasteiger partial charge in [-0.15, -0.1) is 77.4 Å². The van der Waals surface area contributed by atoms with Gasteiger partial charge >= 0.3 is 20.1 Å². The smallest absolute Gasteiger partial charge is 0.810 e. The zero-order valence-electron chi connectivity index (χ0n) is 24.6. The van der Waals surface area contributed by atoms with E-state index >= 15 is 0 Å². The summed E-state index contributed by atoms with van der Waals surface area (Å²) >= 11 is 0. The average Bonchev–Trinajstić information content (AvgIpc) is 2.94. The van der Waals surface area contributed by atoms with Crippen LogP contribution in [0, 0.1) is 19.0 Å². The number of aryl methyl sites for hydroxylation is 1. The van der Waals surface area contributed by atoms with Crippen molar-refractivity contribution in [1.82, 2.24) is 4.98 Å². The molecule has 0 saturated heterocycles. The Kier molecular flexibility index (Phi) is 7.81. The largest absolute Gasteiger partial charge is 3.00 e. The topological polar surface area (TPSA) is 35.2 Å². The molecule has 0 radical (unpaired) electrons. The molecule has 0 bridgehead atoms. The summed E-state index contributed by atoms with van der Waals surface area (Å²) in [6, 6.07) is 33.2. The Labute approximate surface area is 225 Å². The third-order valence-corrected chi connectivity index (χ3v) is 4.75. The number of hydrogen-bond donors (Lipinski definition) is 0. The third-order valence-electron chi connectivity index (χ3n) is 4.75. The fraction of sp³-hybridized carbons (Fsp3) is 0.0968. The first-order valence-corrected chi connectivity index (χ1v) is 10.4. The molecule has 34 heavy (non-hydrogen) atoms. The van der Waals surface area contributed by atoms with Gasteiger partial charge in [-0.05, 0) is 36.1 Å². The van der Waals surface area contributed by atoms with Crippen LogP contribution in [0.1, 0.15) is 38.7 Å². The predicted octanol–water partition coefficient (Wildman–Crippen LogP) is 7.86. The predicted molar refractivity (Wildman–Crippen MR) is 141 cm³/mol. The van der Waals surface area contributed by atoms with Gasteiger partial charge in [0.1, 0.15) is 0 Å². The summed E-state index contributed by atoms with van der Waals surface area (Å²) in [7, 11) is 0. The van der Waals surface area contributed by atoms with E-state index in [1.54, 1.807) is 54.6 Å². The van der Waals surface area contributed by atoms with Crippen LogP contribution in [0.3, 0.4) is 0 Å². The van der Waals surface area contributed by atoms with E-state index in [-0.39, 0.29) is 31.2 Å². The monoisotopic (exact) mass is 626 g/mol. The van der Waals surface area contributed by atoms with Crippen molar-refractivity contribution in [3.63, 3.8) is 0 Å². The molecule has 1 heterocycles. The van der Waals surface area contributed by atoms with Gasteiger partial charge in [-0.2, -0.15) is 6.21 Å². The first kappa shape index (κ1) is 19.0. The fourth-order valence-corrected chi connectivity index (χ4v) is 3.03. The minimum atomic E-state index is -2.35. The van der Waals surface area contributed by atoms with Crippen molar-refractivity contribution < 1.29 is 28.3 Å². The van der Waals surface area contributed by atoms with E-state index in [1.165, 1.54) is 6.20 Å². The standard InChI is InChI=1S/C19H17N.C12H10N.Ir/c1-15(17-9-5-3-6-10-17)13-16(2)19(14-20)18-11-7-4-8-12-18;1-10-7-8-12(13-9-10)11-5-3-2-4-6-11;/h3-9,11-14H,1-2H3;2-5,7-9H,1H3;/q-2;-1;+3/b15-13+,19-16+;;/i2D3;1D3;. The van der Waals surface area contributed by atoms with Crippen molar-refractivity contribution in [3.8, 4) is 11.3 Å². The number of allylic oxidation sites excluding steroid dienone is 4. The van der Waals surface area contributed by atoms with Crippen molar-refractivity contribution in [2.45, 2.75) is 20.6 Å². The molecule has 0 aliphatic carbocycles. The van der Waals surface area contributed by atoms with Gasteiger partial charge in [-0.1, -0.05) is 61.0 Å². The van der Waals surface area contributed by atoms with E-state index in [0.717, 1.165) is 28.6 Å². The number of hydrogen-bond acceptors (Lipinski definition) is 1. The van der Waals surface area contributed by atoms with Crippen LogP contribution in [0.25, 0.3) is 27.8 Å². The number of benzene rings is 3. The molecule has 1 aromatic heterocycles. The minimum Gasteiger partial charge on any atom is -0.810 e. The number of pyridine rings is 1. The zero-order chi connectivity index (χ0) is 28.5. The van der Waals surface area contributed by atoms with Crippen LogP contribution in [-0.4, -0.2) is 11.2 Å². The summed E-state index contributed by atoms with van der Waals surface area (Å²) in [5.41, 5.74) is 4.48. The molecule has 4 aromatic rings. The van der Waals surface area contributed by atoms with Gasteiger partial charge in [0.2, 0.25) is 0 Å². The summed E-state index contributed by atoms with van der Waals surface area (Å²) in [5, 5.41) is 9.63. The SMILES string of the molecule is [2H]C([2H])([2H])C(/C=C(\C)c1[c-]cccc1)=C(/C=[N-])c1ccccc1.[2H]C([2H])([2H])c1ccc(-c2[c-]cccc2)nc1.[Ir+3]. The van der Waals surface area contributed by atoms with Crippen LogP contribution in [0.4, 0.5) is 0 Å². The molecule has 0 atom stereocenters. The molecule has 3 heteroatoms. The van der Waals surface area contributed by atoms with Crippen LogP contribution in [0.5, 0.6) is 0 Å². The number of nitrogens with zero attached hydrogens (tertiary/aromatic N) is 2. The molecule has 4 rings (SSSR count). The molecule has 0 fully saturated rings. The normalized spacial score (nSPS) is 14.7. The molecule has 0 unspecified atom stereocenters. The van der Waals surface area contributed by atoms with Gasteiger partial charge in [0.05, 0.1) is 0 Å². The van der Waals surface area contributed by atoms with Crippen molar-refractivity contribution >= 4 is 17.4 Å². The Bertz CT molecular complexity index is 1410. The van der Waals surface area contributed by atoms with E-state index in [4.69, 9.17) is 8.22 Å². The maximum absolute atomic E-state index is 9.63. The molecule has 3 aromatic carbocycles. The van der Waals surface area contributed by atoms with Gasteiger partial charge in [-0.3, -0.25) is 0 Å². The zero-order valence-corrected chi connectivity index (χ0v) is 21.0. The molecule has 0 aliphatic rings.